The number of methoxy groups -OCH3 is 1. The van der Waals surface area contributed by atoms with Crippen molar-refractivity contribution in [3.8, 4) is 11.8 Å². The van der Waals surface area contributed by atoms with Gasteiger partial charge >= 0.3 is 5.97 Å². The molecule has 0 amide bonds. The van der Waals surface area contributed by atoms with Gasteiger partial charge < -0.3 is 20.1 Å². The number of hydrogen-bond donors (Lipinski definition) is 2. The first-order valence-electron chi connectivity index (χ1n) is 5.01. The van der Waals surface area contributed by atoms with Gasteiger partial charge in [-0.15, -0.1) is 0 Å². The molecule has 6 heteroatoms. The zero-order chi connectivity index (χ0) is 12.7. The third-order valence-corrected chi connectivity index (χ3v) is 2.29. The lowest BCUT2D eigenvalue weighted by atomic mass is 10.2. The highest BCUT2D eigenvalue weighted by Gasteiger charge is 2.19. The van der Waals surface area contributed by atoms with Crippen LogP contribution in [0.4, 0.5) is 0 Å². The van der Waals surface area contributed by atoms with Crippen LogP contribution in [0.5, 0.6) is 0 Å². The van der Waals surface area contributed by atoms with Crippen LogP contribution in [0.15, 0.2) is 11.3 Å². The third kappa shape index (κ3) is 4.43. The lowest BCUT2D eigenvalue weighted by molar-refractivity contribution is -0.137. The van der Waals surface area contributed by atoms with Crippen LogP contribution in [0, 0.1) is 11.8 Å². The predicted molar refractivity (Wildman–Crippen MR) is 67.0 cm³/mol. The molecule has 0 saturated heterocycles. The monoisotopic (exact) mass is 254 g/mol. The van der Waals surface area contributed by atoms with Crippen molar-refractivity contribution in [2.24, 2.45) is 0 Å². The van der Waals surface area contributed by atoms with Crippen LogP contribution in [0.2, 0.25) is 0 Å². The number of esters is 1. The minimum Gasteiger partial charge on any atom is -0.449 e. The molecule has 92 valence electrons. The van der Waals surface area contributed by atoms with Crippen LogP contribution in [0.25, 0.3) is 0 Å². The van der Waals surface area contributed by atoms with Gasteiger partial charge in [0, 0.05) is 12.8 Å². The maximum Gasteiger partial charge on any atom is 0.338 e. The van der Waals surface area contributed by atoms with Crippen molar-refractivity contribution in [1.29, 1.82) is 0 Å². The quantitative estimate of drug-likeness (QED) is 0.418. The molecule has 0 spiro atoms. The Morgan fingerprint density at radius 3 is 2.82 bits per heavy atom. The molecule has 5 nitrogen and oxygen atoms in total. The number of thiocarbonyl (C=S) groups is 1. The molecule has 1 heterocycles. The van der Waals surface area contributed by atoms with Gasteiger partial charge in [0.05, 0.1) is 12.1 Å². The maximum atomic E-state index is 11.6. The highest BCUT2D eigenvalue weighted by molar-refractivity contribution is 7.80. The van der Waals surface area contributed by atoms with Gasteiger partial charge in [-0.2, -0.15) is 0 Å². The van der Waals surface area contributed by atoms with Crippen molar-refractivity contribution < 1.29 is 14.3 Å². The Labute approximate surface area is 106 Å². The molecule has 0 radical (unpaired) electrons. The summed E-state index contributed by atoms with van der Waals surface area (Å²) >= 11 is 4.91. The van der Waals surface area contributed by atoms with Crippen molar-refractivity contribution >= 4 is 23.3 Å². The summed E-state index contributed by atoms with van der Waals surface area (Å²) in [6.07, 6.45) is 0. The van der Waals surface area contributed by atoms with E-state index in [2.05, 4.69) is 22.5 Å². The Balaban J connectivity index is 2.46. The van der Waals surface area contributed by atoms with E-state index in [1.807, 2.05) is 0 Å². The molecule has 0 atom stereocenters. The van der Waals surface area contributed by atoms with Crippen LogP contribution < -0.4 is 10.6 Å². The van der Waals surface area contributed by atoms with E-state index in [1.165, 1.54) is 0 Å². The summed E-state index contributed by atoms with van der Waals surface area (Å²) in [5, 5.41) is 6.24. The average Bonchev–Trinajstić information content (AvgIpc) is 2.28. The number of carbonyl (C=O) groups is 1. The molecule has 0 aliphatic carbocycles. The van der Waals surface area contributed by atoms with E-state index < -0.39 is 5.97 Å². The van der Waals surface area contributed by atoms with E-state index in [-0.39, 0.29) is 6.61 Å². The van der Waals surface area contributed by atoms with Gasteiger partial charge in [0.1, 0.15) is 6.61 Å². The number of ether oxygens (including phenoxy) is 2. The number of nitrogens with one attached hydrogen (secondary N) is 2. The average molecular weight is 254 g/mol. The molecule has 0 unspecified atom stereocenters. The van der Waals surface area contributed by atoms with Crippen LogP contribution in [0.3, 0.4) is 0 Å². The van der Waals surface area contributed by atoms with Crippen LogP contribution in [0.1, 0.15) is 6.92 Å². The van der Waals surface area contributed by atoms with Gasteiger partial charge in [0.2, 0.25) is 0 Å². The lowest BCUT2D eigenvalue weighted by Gasteiger charge is -2.20. The first-order valence-corrected chi connectivity index (χ1v) is 5.42. The zero-order valence-corrected chi connectivity index (χ0v) is 10.6. The Hall–Kier alpha value is -1.58. The molecule has 0 aromatic heterocycles. The summed E-state index contributed by atoms with van der Waals surface area (Å²) < 4.78 is 9.72. The molecule has 2 N–H and O–H groups in total. The van der Waals surface area contributed by atoms with Crippen molar-refractivity contribution in [2.75, 3.05) is 26.9 Å². The smallest absolute Gasteiger partial charge is 0.338 e. The summed E-state index contributed by atoms with van der Waals surface area (Å²) in [5.74, 6) is 4.97. The molecule has 1 rings (SSSR count). The van der Waals surface area contributed by atoms with E-state index in [1.54, 1.807) is 14.0 Å². The second-order valence-corrected chi connectivity index (χ2v) is 3.68. The van der Waals surface area contributed by atoms with Crippen LogP contribution >= 0.6 is 12.2 Å². The minimum atomic E-state index is -0.392. The Morgan fingerprint density at radius 2 is 2.18 bits per heavy atom. The molecule has 0 aromatic rings. The summed E-state index contributed by atoms with van der Waals surface area (Å²) in [7, 11) is 1.55. The second kappa shape index (κ2) is 6.89. The minimum absolute atomic E-state index is 0.0589. The summed E-state index contributed by atoms with van der Waals surface area (Å²) in [4.78, 5) is 11.6. The topological polar surface area (TPSA) is 59.6 Å². The number of carbonyl (C=O) groups excluding carboxylic acids is 1. The predicted octanol–water partition coefficient (Wildman–Crippen LogP) is -0.0689. The Kier molecular flexibility index (Phi) is 5.46. The molecule has 17 heavy (non-hydrogen) atoms. The second-order valence-electron chi connectivity index (χ2n) is 3.27. The van der Waals surface area contributed by atoms with Gasteiger partial charge in [-0.25, -0.2) is 4.79 Å². The molecule has 0 fully saturated rings. The zero-order valence-electron chi connectivity index (χ0n) is 9.75. The third-order valence-electron chi connectivity index (χ3n) is 2.04. The van der Waals surface area contributed by atoms with Gasteiger partial charge in [0.15, 0.2) is 11.7 Å². The fourth-order valence-electron chi connectivity index (χ4n) is 1.18. The van der Waals surface area contributed by atoms with Crippen molar-refractivity contribution in [3.63, 3.8) is 0 Å². The lowest BCUT2D eigenvalue weighted by Crippen LogP contribution is -2.42. The van der Waals surface area contributed by atoms with E-state index in [0.717, 1.165) is 0 Å². The molecule has 1 aliphatic heterocycles. The van der Waals surface area contributed by atoms with Gasteiger partial charge in [-0.1, -0.05) is 11.8 Å². The van der Waals surface area contributed by atoms with Gasteiger partial charge in [-0.05, 0) is 19.1 Å². The SMILES string of the molecule is COCC#CCOC(=O)C1=C(C)NC(=S)NC1. The standard InChI is InChI=1S/C11H14N2O3S/c1-8-9(7-12-11(17)13-8)10(14)16-6-4-3-5-15-2/h5-7H2,1-2H3,(H2,12,13,17). The summed E-state index contributed by atoms with van der Waals surface area (Å²) in [6, 6.07) is 0. The number of allylic oxidation sites excluding steroid dienone is 1. The molecule has 0 saturated carbocycles. The maximum absolute atomic E-state index is 11.6. The molecule has 0 aromatic carbocycles. The largest absolute Gasteiger partial charge is 0.449 e. The Bertz CT molecular complexity index is 407. The van der Waals surface area contributed by atoms with Gasteiger partial charge in [-0.3, -0.25) is 0 Å². The van der Waals surface area contributed by atoms with Crippen LogP contribution in [-0.2, 0) is 14.3 Å². The number of rotatable bonds is 3. The summed E-state index contributed by atoms with van der Waals surface area (Å²) in [5.41, 5.74) is 1.25. The molecular weight excluding hydrogens is 240 g/mol. The fraction of sp³-hybridized carbons (Fsp3) is 0.455. The normalized spacial score (nSPS) is 14.4. The fourth-order valence-corrected chi connectivity index (χ4v) is 1.40. The van der Waals surface area contributed by atoms with Crippen LogP contribution in [-0.4, -0.2) is 38.0 Å². The summed E-state index contributed by atoms with van der Waals surface area (Å²) in [6.45, 7) is 2.54. The van der Waals surface area contributed by atoms with Crippen molar-refractivity contribution in [1.82, 2.24) is 10.6 Å². The first-order chi connectivity index (χ1) is 8.15. The van der Waals surface area contributed by atoms with E-state index in [0.29, 0.717) is 29.5 Å². The van der Waals surface area contributed by atoms with Gasteiger partial charge in [0.25, 0.3) is 0 Å². The van der Waals surface area contributed by atoms with E-state index >= 15 is 0 Å². The van der Waals surface area contributed by atoms with Crippen molar-refractivity contribution in [2.45, 2.75) is 6.92 Å². The van der Waals surface area contributed by atoms with Crippen molar-refractivity contribution in [3.05, 3.63) is 11.3 Å². The first kappa shape index (κ1) is 13.5. The molecule has 0 bridgehead atoms. The molecular formula is C11H14N2O3S. The molecule has 1 aliphatic rings. The van der Waals surface area contributed by atoms with E-state index in [9.17, 15) is 4.79 Å². The number of hydrogen-bond acceptors (Lipinski definition) is 4. The highest BCUT2D eigenvalue weighted by atomic mass is 32.1. The Morgan fingerprint density at radius 1 is 1.47 bits per heavy atom. The highest BCUT2D eigenvalue weighted by Crippen LogP contribution is 2.06. The van der Waals surface area contributed by atoms with E-state index in [4.69, 9.17) is 21.7 Å².